The van der Waals surface area contributed by atoms with E-state index in [0.29, 0.717) is 11.3 Å². The van der Waals surface area contributed by atoms with E-state index in [1.54, 1.807) is 13.0 Å². The highest BCUT2D eigenvalue weighted by Gasteiger charge is 2.29. The van der Waals surface area contributed by atoms with Crippen molar-refractivity contribution >= 4 is 23.3 Å². The zero-order chi connectivity index (χ0) is 22.3. The summed E-state index contributed by atoms with van der Waals surface area (Å²) in [4.78, 5) is 49.1. The predicted molar refractivity (Wildman–Crippen MR) is 103 cm³/mol. The van der Waals surface area contributed by atoms with Crippen molar-refractivity contribution in [3.05, 3.63) is 23.3 Å². The molecule has 0 radical (unpaired) electrons. The number of benzene rings is 1. The standard InChI is InChI=1S/C21H26O9/c1-12-18(29-11-27-2)8-7-16(23)20(25)15(22)6-4-5-13-9-14(28-3)10-17(24)19(13)21(26)30-12/h9-10,12,18,24H,4-8,11H2,1-3H3/t12-,18-/m0/s1. The second-order valence-corrected chi connectivity index (χ2v) is 6.97. The Bertz CT molecular complexity index is 815. The third-order valence-electron chi connectivity index (χ3n) is 4.84. The van der Waals surface area contributed by atoms with Gasteiger partial charge in [0, 0.05) is 26.0 Å². The van der Waals surface area contributed by atoms with Crippen LogP contribution in [0.1, 0.15) is 48.5 Å². The van der Waals surface area contributed by atoms with Crippen LogP contribution in [0.4, 0.5) is 0 Å². The second kappa shape index (κ2) is 10.8. The summed E-state index contributed by atoms with van der Waals surface area (Å²) in [5, 5.41) is 10.4. The molecule has 30 heavy (non-hydrogen) atoms. The van der Waals surface area contributed by atoms with Crippen LogP contribution in [0.15, 0.2) is 12.1 Å². The minimum Gasteiger partial charge on any atom is -0.507 e. The number of fused-ring (bicyclic) bond motifs is 1. The van der Waals surface area contributed by atoms with Crippen LogP contribution in [0.25, 0.3) is 0 Å². The van der Waals surface area contributed by atoms with Gasteiger partial charge in [-0.2, -0.15) is 0 Å². The summed E-state index contributed by atoms with van der Waals surface area (Å²) < 4.78 is 21.0. The number of cyclic esters (lactones) is 1. The zero-order valence-electron chi connectivity index (χ0n) is 17.3. The maximum atomic E-state index is 12.8. The third kappa shape index (κ3) is 5.87. The van der Waals surface area contributed by atoms with Crippen molar-refractivity contribution in [1.82, 2.24) is 0 Å². The smallest absolute Gasteiger partial charge is 0.342 e. The monoisotopic (exact) mass is 422 g/mol. The minimum atomic E-state index is -1.05. The van der Waals surface area contributed by atoms with Crippen LogP contribution in [0.3, 0.4) is 0 Å². The maximum absolute atomic E-state index is 12.8. The molecule has 1 aliphatic rings. The molecule has 0 unspecified atom stereocenters. The van der Waals surface area contributed by atoms with Gasteiger partial charge in [-0.1, -0.05) is 0 Å². The number of carbonyl (C=O) groups excluding carboxylic acids is 4. The molecule has 0 bridgehead atoms. The van der Waals surface area contributed by atoms with Gasteiger partial charge in [0.2, 0.25) is 11.6 Å². The first-order valence-corrected chi connectivity index (χ1v) is 9.60. The van der Waals surface area contributed by atoms with E-state index in [9.17, 15) is 24.3 Å². The molecule has 0 spiro atoms. The van der Waals surface area contributed by atoms with Gasteiger partial charge in [0.15, 0.2) is 0 Å². The summed E-state index contributed by atoms with van der Waals surface area (Å²) in [6, 6.07) is 2.85. The second-order valence-electron chi connectivity index (χ2n) is 6.97. The lowest BCUT2D eigenvalue weighted by molar-refractivity contribution is -0.145. The van der Waals surface area contributed by atoms with E-state index < -0.39 is 35.5 Å². The molecule has 0 saturated heterocycles. The number of hydrogen-bond acceptors (Lipinski definition) is 9. The van der Waals surface area contributed by atoms with Gasteiger partial charge in [-0.25, -0.2) is 4.79 Å². The van der Waals surface area contributed by atoms with Gasteiger partial charge in [0.05, 0.1) is 13.2 Å². The first-order chi connectivity index (χ1) is 14.3. The Labute approximate surface area is 174 Å². The van der Waals surface area contributed by atoms with E-state index in [4.69, 9.17) is 18.9 Å². The number of rotatable bonds is 4. The molecule has 0 aromatic heterocycles. The molecule has 0 amide bonds. The number of ether oxygens (including phenoxy) is 4. The molecule has 0 fully saturated rings. The van der Waals surface area contributed by atoms with Crippen LogP contribution in [-0.2, 0) is 35.0 Å². The van der Waals surface area contributed by atoms with Gasteiger partial charge in [-0.15, -0.1) is 0 Å². The fourth-order valence-corrected chi connectivity index (χ4v) is 3.22. The summed E-state index contributed by atoms with van der Waals surface area (Å²) in [6.45, 7) is 1.45. The van der Waals surface area contributed by atoms with E-state index >= 15 is 0 Å². The van der Waals surface area contributed by atoms with E-state index in [1.165, 1.54) is 20.3 Å². The molecule has 1 aromatic carbocycles. The van der Waals surface area contributed by atoms with E-state index in [-0.39, 0.29) is 50.2 Å². The highest BCUT2D eigenvalue weighted by atomic mass is 16.7. The fourth-order valence-electron chi connectivity index (χ4n) is 3.22. The van der Waals surface area contributed by atoms with Crippen molar-refractivity contribution in [2.24, 2.45) is 0 Å². The van der Waals surface area contributed by atoms with Crippen molar-refractivity contribution in [2.75, 3.05) is 21.0 Å². The van der Waals surface area contributed by atoms with Gasteiger partial charge in [0.25, 0.3) is 5.78 Å². The summed E-state index contributed by atoms with van der Waals surface area (Å²) in [5.41, 5.74) is 0.363. The van der Waals surface area contributed by atoms with Crippen LogP contribution < -0.4 is 4.74 Å². The molecule has 164 valence electrons. The van der Waals surface area contributed by atoms with Crippen LogP contribution in [0, 0.1) is 0 Å². The molecule has 2 rings (SSSR count). The van der Waals surface area contributed by atoms with Crippen molar-refractivity contribution in [2.45, 2.75) is 51.2 Å². The van der Waals surface area contributed by atoms with Crippen molar-refractivity contribution in [3.8, 4) is 11.5 Å². The molecular formula is C21H26O9. The maximum Gasteiger partial charge on any atom is 0.342 e. The molecule has 1 heterocycles. The lowest BCUT2D eigenvalue weighted by atomic mass is 9.96. The Morgan fingerprint density at radius 1 is 1.07 bits per heavy atom. The summed E-state index contributed by atoms with van der Waals surface area (Å²) in [7, 11) is 2.82. The number of methoxy groups -OCH3 is 2. The average Bonchev–Trinajstić information content (AvgIpc) is 2.71. The van der Waals surface area contributed by atoms with Gasteiger partial charge in [-0.3, -0.25) is 14.4 Å². The van der Waals surface area contributed by atoms with Crippen LogP contribution in [-0.4, -0.2) is 61.6 Å². The lowest BCUT2D eigenvalue weighted by Gasteiger charge is -2.25. The molecule has 1 N–H and O–H groups in total. The Kier molecular flexibility index (Phi) is 8.49. The number of esters is 1. The number of hydrogen-bond donors (Lipinski definition) is 1. The Balaban J connectivity index is 2.40. The van der Waals surface area contributed by atoms with E-state index in [1.807, 2.05) is 0 Å². The van der Waals surface area contributed by atoms with Gasteiger partial charge < -0.3 is 24.1 Å². The van der Waals surface area contributed by atoms with Crippen molar-refractivity contribution in [1.29, 1.82) is 0 Å². The molecule has 9 heteroatoms. The topological polar surface area (TPSA) is 125 Å². The molecule has 9 nitrogen and oxygen atoms in total. The van der Waals surface area contributed by atoms with Gasteiger partial charge in [-0.05, 0) is 37.8 Å². The summed E-state index contributed by atoms with van der Waals surface area (Å²) in [5.74, 6) is -3.39. The number of ketones is 3. The summed E-state index contributed by atoms with van der Waals surface area (Å²) >= 11 is 0. The predicted octanol–water partition coefficient (Wildman–Crippen LogP) is 1.76. The fraction of sp³-hybridized carbons (Fsp3) is 0.524. The van der Waals surface area contributed by atoms with Crippen LogP contribution in [0.2, 0.25) is 0 Å². The lowest BCUT2D eigenvalue weighted by Crippen LogP contribution is -2.34. The Morgan fingerprint density at radius 2 is 1.77 bits per heavy atom. The highest BCUT2D eigenvalue weighted by molar-refractivity contribution is 6.63. The van der Waals surface area contributed by atoms with Gasteiger partial charge in [0.1, 0.15) is 30.0 Å². The molecule has 1 aliphatic heterocycles. The highest BCUT2D eigenvalue weighted by Crippen LogP contribution is 2.30. The number of aromatic hydroxyl groups is 1. The first kappa shape index (κ1) is 23.5. The van der Waals surface area contributed by atoms with Gasteiger partial charge >= 0.3 is 5.97 Å². The zero-order valence-corrected chi connectivity index (χ0v) is 17.3. The van der Waals surface area contributed by atoms with Crippen molar-refractivity contribution < 1.29 is 43.2 Å². The quantitative estimate of drug-likeness (QED) is 0.439. The van der Waals surface area contributed by atoms with Crippen LogP contribution >= 0.6 is 0 Å². The Hall–Kier alpha value is -2.78. The minimum absolute atomic E-state index is 0.0416. The largest absolute Gasteiger partial charge is 0.507 e. The molecular weight excluding hydrogens is 396 g/mol. The van der Waals surface area contributed by atoms with Crippen molar-refractivity contribution in [3.63, 3.8) is 0 Å². The first-order valence-electron chi connectivity index (χ1n) is 9.60. The summed E-state index contributed by atoms with van der Waals surface area (Å²) in [6.07, 6.45) is -1.50. The SMILES string of the molecule is COCO[C@H]1CCC(=O)C(=O)C(=O)CCCc2cc(OC)cc(O)c2C(=O)O[C@H]1C. The third-order valence-corrected chi connectivity index (χ3v) is 4.84. The normalized spacial score (nSPS) is 21.6. The number of carbonyl (C=O) groups is 4. The molecule has 0 saturated carbocycles. The number of phenols is 1. The van der Waals surface area contributed by atoms with E-state index in [2.05, 4.69) is 0 Å². The van der Waals surface area contributed by atoms with E-state index in [0.717, 1.165) is 0 Å². The number of Topliss-reactive ketones (excluding diaryl/α,β-unsaturated/α-hetero) is 3. The molecule has 0 aliphatic carbocycles. The number of phenolic OH excluding ortho intramolecular Hbond substituents is 1. The van der Waals surface area contributed by atoms with Crippen LogP contribution in [0.5, 0.6) is 11.5 Å². The molecule has 1 aromatic rings. The number of aryl methyl sites for hydroxylation is 1. The molecule has 2 atom stereocenters. The average molecular weight is 422 g/mol. The Morgan fingerprint density at radius 3 is 2.43 bits per heavy atom.